The number of nitrogens with one attached hydrogen (secondary N) is 1. The Morgan fingerprint density at radius 3 is 2.89 bits per heavy atom. The van der Waals surface area contributed by atoms with E-state index in [1.165, 1.54) is 16.7 Å². The van der Waals surface area contributed by atoms with Crippen molar-refractivity contribution < 1.29 is 4.74 Å². The van der Waals surface area contributed by atoms with E-state index in [0.717, 1.165) is 18.7 Å². The molecule has 0 atom stereocenters. The molecule has 19 heavy (non-hydrogen) atoms. The molecule has 0 unspecified atom stereocenters. The molecule has 0 amide bonds. The predicted octanol–water partition coefficient (Wildman–Crippen LogP) is 2.07. The van der Waals surface area contributed by atoms with Crippen LogP contribution < -0.4 is 10.1 Å². The summed E-state index contributed by atoms with van der Waals surface area (Å²) in [4.78, 5) is 0. The van der Waals surface area contributed by atoms with Gasteiger partial charge in [-0.3, -0.25) is 4.68 Å². The Balaban J connectivity index is 1.98. The maximum absolute atomic E-state index is 5.96. The van der Waals surface area contributed by atoms with Crippen molar-refractivity contribution in [3.05, 3.63) is 47.3 Å². The molecule has 4 nitrogen and oxygen atoms in total. The van der Waals surface area contributed by atoms with Crippen molar-refractivity contribution in [3.8, 4) is 5.75 Å². The highest BCUT2D eigenvalue weighted by Crippen LogP contribution is 2.23. The molecule has 0 aliphatic carbocycles. The average Bonchev–Trinajstić information content (AvgIpc) is 2.79. The fourth-order valence-corrected chi connectivity index (χ4v) is 2.12. The lowest BCUT2D eigenvalue weighted by molar-refractivity contribution is 0.316. The molecule has 0 aliphatic heterocycles. The van der Waals surface area contributed by atoms with Crippen LogP contribution in [0.5, 0.6) is 5.75 Å². The van der Waals surface area contributed by atoms with Gasteiger partial charge in [-0.05, 0) is 25.1 Å². The molecular formula is C15H21N3O. The lowest BCUT2D eigenvalue weighted by Gasteiger charge is -2.13. The molecule has 0 bridgehead atoms. The number of hydrogen-bond acceptors (Lipinski definition) is 3. The van der Waals surface area contributed by atoms with Crippen LogP contribution in [0.4, 0.5) is 0 Å². The molecule has 0 saturated carbocycles. The maximum Gasteiger partial charge on any atom is 0.126 e. The third-order valence-electron chi connectivity index (χ3n) is 3.06. The van der Waals surface area contributed by atoms with Gasteiger partial charge in [0, 0.05) is 31.8 Å². The minimum atomic E-state index is 0.674. The van der Waals surface area contributed by atoms with E-state index in [2.05, 4.69) is 35.5 Å². The van der Waals surface area contributed by atoms with Gasteiger partial charge in [-0.2, -0.15) is 5.10 Å². The summed E-state index contributed by atoms with van der Waals surface area (Å²) in [6.07, 6.45) is 4.78. The predicted molar refractivity (Wildman–Crippen MR) is 76.3 cm³/mol. The lowest BCUT2D eigenvalue weighted by atomic mass is 10.1. The normalized spacial score (nSPS) is 10.7. The average molecular weight is 259 g/mol. The molecule has 1 aromatic carbocycles. The standard InChI is InChI=1S/C15H21N3O/c1-12-5-4-6-14(10-16-2)15(12)19-8-7-13-9-17-18(3)11-13/h4-6,9,11,16H,7-8,10H2,1-3H3. The summed E-state index contributed by atoms with van der Waals surface area (Å²) in [5.74, 6) is 1.00. The second-order valence-corrected chi connectivity index (χ2v) is 4.71. The van der Waals surface area contributed by atoms with Crippen molar-refractivity contribution in [2.45, 2.75) is 19.9 Å². The molecule has 4 heteroatoms. The summed E-state index contributed by atoms with van der Waals surface area (Å²) >= 11 is 0. The monoisotopic (exact) mass is 259 g/mol. The zero-order valence-corrected chi connectivity index (χ0v) is 11.8. The topological polar surface area (TPSA) is 39.1 Å². The molecule has 0 fully saturated rings. The van der Waals surface area contributed by atoms with E-state index in [0.29, 0.717) is 6.61 Å². The molecule has 0 radical (unpaired) electrons. The van der Waals surface area contributed by atoms with Crippen molar-refractivity contribution in [1.82, 2.24) is 15.1 Å². The molecule has 1 N–H and O–H groups in total. The summed E-state index contributed by atoms with van der Waals surface area (Å²) in [5.41, 5.74) is 3.58. The fraction of sp³-hybridized carbons (Fsp3) is 0.400. The third-order valence-corrected chi connectivity index (χ3v) is 3.06. The van der Waals surface area contributed by atoms with Crippen molar-refractivity contribution in [1.29, 1.82) is 0 Å². The van der Waals surface area contributed by atoms with Crippen LogP contribution in [-0.4, -0.2) is 23.4 Å². The van der Waals surface area contributed by atoms with Crippen LogP contribution in [0.25, 0.3) is 0 Å². The molecule has 2 rings (SSSR count). The molecule has 2 aromatic rings. The SMILES string of the molecule is CNCc1cccc(C)c1OCCc1cnn(C)c1. The van der Waals surface area contributed by atoms with E-state index in [4.69, 9.17) is 4.74 Å². The Morgan fingerprint density at radius 1 is 1.37 bits per heavy atom. The van der Waals surface area contributed by atoms with E-state index >= 15 is 0 Å². The first-order valence-corrected chi connectivity index (χ1v) is 6.54. The molecule has 1 heterocycles. The van der Waals surface area contributed by atoms with Gasteiger partial charge in [0.1, 0.15) is 5.75 Å². The largest absolute Gasteiger partial charge is 0.493 e. The molecule has 0 spiro atoms. The summed E-state index contributed by atoms with van der Waals surface area (Å²) < 4.78 is 7.77. The maximum atomic E-state index is 5.96. The molecule has 102 valence electrons. The van der Waals surface area contributed by atoms with Crippen LogP contribution in [0, 0.1) is 6.92 Å². The minimum absolute atomic E-state index is 0.674. The Morgan fingerprint density at radius 2 is 2.21 bits per heavy atom. The number of aryl methyl sites for hydroxylation is 2. The number of aromatic nitrogens is 2. The third kappa shape index (κ3) is 3.58. The van der Waals surface area contributed by atoms with Crippen LogP contribution in [0.1, 0.15) is 16.7 Å². The van der Waals surface area contributed by atoms with Gasteiger partial charge in [-0.25, -0.2) is 0 Å². The Labute approximate surface area is 114 Å². The quantitative estimate of drug-likeness (QED) is 0.863. The lowest BCUT2D eigenvalue weighted by Crippen LogP contribution is -2.10. The van der Waals surface area contributed by atoms with Crippen molar-refractivity contribution in [3.63, 3.8) is 0 Å². The van der Waals surface area contributed by atoms with Gasteiger partial charge in [-0.1, -0.05) is 18.2 Å². The number of benzene rings is 1. The van der Waals surface area contributed by atoms with Gasteiger partial charge < -0.3 is 10.1 Å². The fourth-order valence-electron chi connectivity index (χ4n) is 2.12. The van der Waals surface area contributed by atoms with Crippen LogP contribution in [0.3, 0.4) is 0 Å². The first kappa shape index (κ1) is 13.6. The van der Waals surface area contributed by atoms with Gasteiger partial charge in [-0.15, -0.1) is 0 Å². The zero-order chi connectivity index (χ0) is 13.7. The highest BCUT2D eigenvalue weighted by Gasteiger charge is 2.06. The number of nitrogens with zero attached hydrogens (tertiary/aromatic N) is 2. The number of para-hydroxylation sites is 1. The van der Waals surface area contributed by atoms with Gasteiger partial charge in [0.25, 0.3) is 0 Å². The second-order valence-electron chi connectivity index (χ2n) is 4.71. The minimum Gasteiger partial charge on any atom is -0.493 e. The van der Waals surface area contributed by atoms with Crippen molar-refractivity contribution in [2.24, 2.45) is 7.05 Å². The highest BCUT2D eigenvalue weighted by atomic mass is 16.5. The summed E-state index contributed by atoms with van der Waals surface area (Å²) in [5, 5.41) is 7.33. The van der Waals surface area contributed by atoms with Crippen LogP contribution in [0.2, 0.25) is 0 Å². The van der Waals surface area contributed by atoms with E-state index in [-0.39, 0.29) is 0 Å². The molecular weight excluding hydrogens is 238 g/mol. The van der Waals surface area contributed by atoms with E-state index < -0.39 is 0 Å². The van der Waals surface area contributed by atoms with Gasteiger partial charge in [0.15, 0.2) is 0 Å². The van der Waals surface area contributed by atoms with Gasteiger partial charge in [0.2, 0.25) is 0 Å². The Bertz CT molecular complexity index is 534. The Kier molecular flexibility index (Phi) is 4.58. The molecule has 0 saturated heterocycles. The number of rotatable bonds is 6. The smallest absolute Gasteiger partial charge is 0.126 e. The summed E-state index contributed by atoms with van der Waals surface area (Å²) in [6, 6.07) is 6.25. The number of hydrogen-bond donors (Lipinski definition) is 1. The van der Waals surface area contributed by atoms with Crippen molar-refractivity contribution in [2.75, 3.05) is 13.7 Å². The van der Waals surface area contributed by atoms with Crippen molar-refractivity contribution >= 4 is 0 Å². The first-order valence-electron chi connectivity index (χ1n) is 6.54. The summed E-state index contributed by atoms with van der Waals surface area (Å²) in [7, 11) is 3.87. The molecule has 1 aromatic heterocycles. The van der Waals surface area contributed by atoms with E-state index in [9.17, 15) is 0 Å². The zero-order valence-electron chi connectivity index (χ0n) is 11.8. The molecule has 0 aliphatic rings. The second kappa shape index (κ2) is 6.38. The van der Waals surface area contributed by atoms with Gasteiger partial charge in [0.05, 0.1) is 12.8 Å². The van der Waals surface area contributed by atoms with E-state index in [1.54, 1.807) is 0 Å². The Hall–Kier alpha value is -1.81. The highest BCUT2D eigenvalue weighted by molar-refractivity contribution is 5.40. The van der Waals surface area contributed by atoms with Crippen LogP contribution in [-0.2, 0) is 20.0 Å². The summed E-state index contributed by atoms with van der Waals surface area (Å²) in [6.45, 7) is 3.58. The van der Waals surface area contributed by atoms with Crippen LogP contribution in [0.15, 0.2) is 30.6 Å². The van der Waals surface area contributed by atoms with Crippen LogP contribution >= 0.6 is 0 Å². The van der Waals surface area contributed by atoms with E-state index in [1.807, 2.05) is 31.2 Å². The number of ether oxygens (including phenoxy) is 1. The first-order chi connectivity index (χ1) is 9.20. The van der Waals surface area contributed by atoms with Gasteiger partial charge >= 0.3 is 0 Å².